The predicted molar refractivity (Wildman–Crippen MR) is 350 cm³/mol. The van der Waals surface area contributed by atoms with Crippen LogP contribution in [-0.2, 0) is 23.7 Å². The molecule has 0 spiro atoms. The molecule has 2 rings (SSSR count). The fourth-order valence-electron chi connectivity index (χ4n) is 11.2. The van der Waals surface area contributed by atoms with E-state index in [-0.39, 0.29) is 18.9 Å². The van der Waals surface area contributed by atoms with Crippen LogP contribution in [0.3, 0.4) is 0 Å². The summed E-state index contributed by atoms with van der Waals surface area (Å²) in [7, 11) is 0. The van der Waals surface area contributed by atoms with Crippen LogP contribution in [-0.4, -0.2) is 140 Å². The van der Waals surface area contributed by atoms with Crippen LogP contribution in [0.15, 0.2) is 72.9 Å². The number of hydrogen-bond acceptors (Lipinski definition) is 13. The summed E-state index contributed by atoms with van der Waals surface area (Å²) in [6, 6.07) is -0.950. The molecule has 12 atom stereocenters. The number of aliphatic hydroxyl groups is 8. The number of allylic oxidation sites excluding steroid dienone is 11. The molecule has 2 fully saturated rings. The van der Waals surface area contributed by atoms with Crippen LogP contribution >= 0.6 is 0 Å². The molecular weight excluding hydrogens is 1090 g/mol. The van der Waals surface area contributed by atoms with Crippen LogP contribution in [0, 0.1) is 0 Å². The van der Waals surface area contributed by atoms with Gasteiger partial charge in [0.1, 0.15) is 48.8 Å². The van der Waals surface area contributed by atoms with Gasteiger partial charge in [0, 0.05) is 6.42 Å². The summed E-state index contributed by atoms with van der Waals surface area (Å²) in [6.45, 7) is 2.76. The normalized spacial score (nSPS) is 23.8. The Morgan fingerprint density at radius 2 is 0.779 bits per heavy atom. The fraction of sp³-hybridized carbons (Fsp3) is 0.819. The Bertz CT molecular complexity index is 1720. The number of ether oxygens (including phenoxy) is 4. The van der Waals surface area contributed by atoms with E-state index in [1.54, 1.807) is 6.08 Å². The van der Waals surface area contributed by atoms with Gasteiger partial charge in [-0.3, -0.25) is 4.79 Å². The fourth-order valence-corrected chi connectivity index (χ4v) is 11.2. The molecule has 86 heavy (non-hydrogen) atoms. The molecule has 0 aromatic heterocycles. The van der Waals surface area contributed by atoms with Crippen LogP contribution in [0.2, 0.25) is 0 Å². The lowest BCUT2D eigenvalue weighted by Gasteiger charge is -2.46. The highest BCUT2D eigenvalue weighted by molar-refractivity contribution is 5.76. The van der Waals surface area contributed by atoms with E-state index in [9.17, 15) is 45.6 Å². The molecule has 14 heteroatoms. The second kappa shape index (κ2) is 56.4. The highest BCUT2D eigenvalue weighted by Crippen LogP contribution is 2.30. The zero-order valence-corrected chi connectivity index (χ0v) is 54.3. The average Bonchev–Trinajstić information content (AvgIpc) is 2.46. The minimum absolute atomic E-state index is 0.252. The number of hydrogen-bond donors (Lipinski definition) is 9. The van der Waals surface area contributed by atoms with Crippen LogP contribution in [0.1, 0.15) is 284 Å². The number of nitrogens with one attached hydrogen (secondary N) is 1. The summed E-state index contributed by atoms with van der Waals surface area (Å²) in [5.41, 5.74) is 0. The molecule has 1 amide bonds. The summed E-state index contributed by atoms with van der Waals surface area (Å²) in [5.74, 6) is -0.266. The molecule has 9 N–H and O–H groups in total. The maximum atomic E-state index is 13.3. The third-order valence-electron chi connectivity index (χ3n) is 16.8. The van der Waals surface area contributed by atoms with Crippen LogP contribution in [0.25, 0.3) is 0 Å². The Labute approximate surface area is 523 Å². The first-order valence-corrected chi connectivity index (χ1v) is 35.2. The minimum Gasteiger partial charge on any atom is -0.394 e. The Kier molecular flexibility index (Phi) is 52.2. The maximum Gasteiger partial charge on any atom is 0.220 e. The van der Waals surface area contributed by atoms with Crippen molar-refractivity contribution in [1.29, 1.82) is 0 Å². The van der Waals surface area contributed by atoms with Crippen molar-refractivity contribution in [3.05, 3.63) is 72.9 Å². The van der Waals surface area contributed by atoms with E-state index in [1.165, 1.54) is 173 Å². The first-order chi connectivity index (χ1) is 42.1. The van der Waals surface area contributed by atoms with Crippen molar-refractivity contribution in [3.63, 3.8) is 0 Å². The van der Waals surface area contributed by atoms with Crippen LogP contribution < -0.4 is 5.32 Å². The van der Waals surface area contributed by atoms with E-state index in [1.807, 2.05) is 6.08 Å². The van der Waals surface area contributed by atoms with Gasteiger partial charge < -0.3 is 65.1 Å². The molecule has 2 aliphatic heterocycles. The quantitative estimate of drug-likeness (QED) is 0.0204. The third kappa shape index (κ3) is 40.2. The molecule has 2 aliphatic rings. The van der Waals surface area contributed by atoms with Crippen molar-refractivity contribution in [2.75, 3.05) is 19.8 Å². The van der Waals surface area contributed by atoms with Gasteiger partial charge in [0.25, 0.3) is 0 Å². The smallest absolute Gasteiger partial charge is 0.220 e. The lowest BCUT2D eigenvalue weighted by molar-refractivity contribution is -0.359. The summed E-state index contributed by atoms with van der Waals surface area (Å²) in [5, 5.41) is 87.3. The van der Waals surface area contributed by atoms with Crippen LogP contribution in [0.4, 0.5) is 0 Å². The van der Waals surface area contributed by atoms with Crippen molar-refractivity contribution in [1.82, 2.24) is 5.32 Å². The second-order valence-corrected chi connectivity index (χ2v) is 24.6. The van der Waals surface area contributed by atoms with Gasteiger partial charge >= 0.3 is 0 Å². The topological polar surface area (TPSA) is 228 Å². The summed E-state index contributed by atoms with van der Waals surface area (Å²) in [6.07, 6.45) is 59.7. The SMILES string of the molecule is CCCCC/C=C\C/C=C\C/C=C\CCCCCCCCC(=O)NC(COC1OC(CO)C(OC2OC(CO)C(O)C(O)C2O)C(O)C1O)C(O)/C=C/CC/C=C/CC/C=C/CCCCCCCCCCCCCCCCCCCCCCCCC. The largest absolute Gasteiger partial charge is 0.394 e. The van der Waals surface area contributed by atoms with E-state index in [0.717, 1.165) is 77.0 Å². The first kappa shape index (κ1) is 79.5. The number of unbranched alkanes of at least 4 members (excludes halogenated alkanes) is 34. The molecule has 0 radical (unpaired) electrons. The zero-order chi connectivity index (χ0) is 62.3. The molecular formula is C72H129NO13. The second-order valence-electron chi connectivity index (χ2n) is 24.6. The van der Waals surface area contributed by atoms with Gasteiger partial charge in [-0.25, -0.2) is 0 Å². The molecule has 0 bridgehead atoms. The maximum absolute atomic E-state index is 13.3. The Balaban J connectivity index is 1.69. The number of aliphatic hydroxyl groups excluding tert-OH is 8. The lowest BCUT2D eigenvalue weighted by Crippen LogP contribution is -2.65. The van der Waals surface area contributed by atoms with E-state index < -0.39 is 86.8 Å². The van der Waals surface area contributed by atoms with Gasteiger partial charge in [-0.15, -0.1) is 0 Å². The van der Waals surface area contributed by atoms with Gasteiger partial charge in [-0.2, -0.15) is 0 Å². The first-order valence-electron chi connectivity index (χ1n) is 35.2. The Hall–Kier alpha value is -2.57. The summed E-state index contributed by atoms with van der Waals surface area (Å²) >= 11 is 0. The van der Waals surface area contributed by atoms with Gasteiger partial charge in [0.2, 0.25) is 5.91 Å². The molecule has 12 unspecified atom stereocenters. The summed E-state index contributed by atoms with van der Waals surface area (Å²) in [4.78, 5) is 13.3. The van der Waals surface area contributed by atoms with Gasteiger partial charge in [-0.05, 0) is 83.5 Å². The molecule has 0 aliphatic carbocycles. The molecule has 2 heterocycles. The van der Waals surface area contributed by atoms with Crippen molar-refractivity contribution in [2.45, 2.75) is 357 Å². The van der Waals surface area contributed by atoms with Gasteiger partial charge in [0.15, 0.2) is 12.6 Å². The van der Waals surface area contributed by atoms with E-state index in [4.69, 9.17) is 18.9 Å². The van der Waals surface area contributed by atoms with Gasteiger partial charge in [-0.1, -0.05) is 267 Å². The molecule has 2 saturated heterocycles. The third-order valence-corrected chi connectivity index (χ3v) is 16.8. The highest BCUT2D eigenvalue weighted by Gasteiger charge is 2.51. The number of carbonyl (C=O) groups is 1. The van der Waals surface area contributed by atoms with E-state index in [2.05, 4.69) is 79.9 Å². The van der Waals surface area contributed by atoms with Crippen LogP contribution in [0.5, 0.6) is 0 Å². The molecule has 0 aromatic rings. The van der Waals surface area contributed by atoms with E-state index in [0.29, 0.717) is 12.8 Å². The summed E-state index contributed by atoms with van der Waals surface area (Å²) < 4.78 is 22.8. The minimum atomic E-state index is -1.80. The predicted octanol–water partition coefficient (Wildman–Crippen LogP) is 14.2. The molecule has 500 valence electrons. The molecule has 14 nitrogen and oxygen atoms in total. The Morgan fingerprint density at radius 3 is 1.24 bits per heavy atom. The van der Waals surface area contributed by atoms with Crippen molar-refractivity contribution >= 4 is 5.91 Å². The standard InChI is InChI=1S/C72H129NO13/c1-3-5-7-9-11-13-15-17-19-21-23-24-25-26-27-28-29-30-31-32-33-34-35-36-38-39-41-43-45-47-49-51-53-55-61(76)60(73-64(77)56-54-52-50-48-46-44-42-40-37-22-20-18-16-14-12-10-8-6-4-2)59-83-71-69(82)67(80)70(63(58-75)85-71)86-72-68(81)66(79)65(78)62(57-74)84-72/h12,14,18,20,37-40,45,47,53,55,60-63,65-72,74-76,78-82H,3-11,13,15-17,19,21-36,41-44,46,48-52,54,56-59H2,1-2H3,(H,73,77)/b14-12-,20-18-,39-38+,40-37-,47-45+,55-53+. The molecule has 0 saturated carbocycles. The monoisotopic (exact) mass is 1220 g/mol. The highest BCUT2D eigenvalue weighted by atomic mass is 16.7. The number of amides is 1. The Morgan fingerprint density at radius 1 is 0.419 bits per heavy atom. The molecule has 0 aromatic carbocycles. The zero-order valence-electron chi connectivity index (χ0n) is 54.3. The van der Waals surface area contributed by atoms with Gasteiger partial charge in [0.05, 0.1) is 32.0 Å². The van der Waals surface area contributed by atoms with Crippen molar-refractivity contribution in [3.8, 4) is 0 Å². The van der Waals surface area contributed by atoms with E-state index >= 15 is 0 Å². The number of carbonyl (C=O) groups excluding carboxylic acids is 1. The lowest BCUT2D eigenvalue weighted by atomic mass is 9.97. The average molecular weight is 1220 g/mol. The number of rotatable bonds is 57. The van der Waals surface area contributed by atoms with Crippen molar-refractivity contribution < 1.29 is 64.6 Å². The van der Waals surface area contributed by atoms with Crippen molar-refractivity contribution in [2.24, 2.45) is 0 Å².